The zero-order valence-corrected chi connectivity index (χ0v) is 17.0. The van der Waals surface area contributed by atoms with Gasteiger partial charge in [0.15, 0.2) is 5.96 Å². The molecule has 6 nitrogen and oxygen atoms in total. The summed E-state index contributed by atoms with van der Waals surface area (Å²) in [4.78, 5) is 8.58. The zero-order chi connectivity index (χ0) is 19.8. The maximum atomic E-state index is 5.75. The summed E-state index contributed by atoms with van der Waals surface area (Å²) in [5.74, 6) is 3.12. The van der Waals surface area contributed by atoms with Crippen molar-refractivity contribution in [2.45, 2.75) is 32.7 Å². The van der Waals surface area contributed by atoms with Gasteiger partial charge in [-0.2, -0.15) is 0 Å². The minimum atomic E-state index is 0.667. The lowest BCUT2D eigenvalue weighted by Crippen LogP contribution is -2.37. The fraction of sp³-hybridized carbons (Fsp3) is 0.455. The van der Waals surface area contributed by atoms with Gasteiger partial charge in [-0.05, 0) is 60.9 Å². The fourth-order valence-corrected chi connectivity index (χ4v) is 2.88. The van der Waals surface area contributed by atoms with Crippen LogP contribution in [-0.2, 0) is 13.0 Å². The molecule has 1 aromatic carbocycles. The van der Waals surface area contributed by atoms with Gasteiger partial charge in [0.05, 0.1) is 13.7 Å². The van der Waals surface area contributed by atoms with E-state index in [0.29, 0.717) is 12.4 Å². The molecule has 1 fully saturated rings. The van der Waals surface area contributed by atoms with Crippen LogP contribution >= 0.6 is 0 Å². The predicted molar refractivity (Wildman–Crippen MR) is 112 cm³/mol. The van der Waals surface area contributed by atoms with E-state index in [1.54, 1.807) is 20.4 Å². The molecule has 150 valence electrons. The van der Waals surface area contributed by atoms with Gasteiger partial charge in [-0.15, -0.1) is 0 Å². The van der Waals surface area contributed by atoms with Gasteiger partial charge in [0.2, 0.25) is 5.88 Å². The van der Waals surface area contributed by atoms with Crippen LogP contribution in [0.3, 0.4) is 0 Å². The number of rotatable bonds is 9. The second-order valence-corrected chi connectivity index (χ2v) is 7.16. The van der Waals surface area contributed by atoms with Crippen molar-refractivity contribution in [2.24, 2.45) is 10.9 Å². The minimum absolute atomic E-state index is 0.667. The summed E-state index contributed by atoms with van der Waals surface area (Å²) in [5.41, 5.74) is 3.50. The second kappa shape index (κ2) is 9.97. The first-order valence-electron chi connectivity index (χ1n) is 9.83. The molecule has 0 amide bonds. The third kappa shape index (κ3) is 6.15. The van der Waals surface area contributed by atoms with Crippen molar-refractivity contribution >= 4 is 5.96 Å². The summed E-state index contributed by atoms with van der Waals surface area (Å²) in [6, 6.07) is 10.3. The summed E-state index contributed by atoms with van der Waals surface area (Å²) in [6.45, 7) is 4.28. The molecular weight excluding hydrogens is 352 g/mol. The highest BCUT2D eigenvalue weighted by Gasteiger charge is 2.22. The SMILES string of the molecule is CN=C(NCCc1ccc(C)c(OC)c1)NCc1ccnc(OCC2CC2)c1. The molecule has 2 N–H and O–H groups in total. The number of guanidine groups is 1. The van der Waals surface area contributed by atoms with Gasteiger partial charge >= 0.3 is 0 Å². The monoisotopic (exact) mass is 382 g/mol. The normalized spacial score (nSPS) is 13.9. The van der Waals surface area contributed by atoms with E-state index < -0.39 is 0 Å². The number of aliphatic imine (C=N–C) groups is 1. The molecule has 1 saturated carbocycles. The molecule has 1 heterocycles. The molecule has 0 saturated heterocycles. The number of hydrogen-bond acceptors (Lipinski definition) is 4. The van der Waals surface area contributed by atoms with Crippen molar-refractivity contribution in [3.05, 3.63) is 53.2 Å². The Kier molecular flexibility index (Phi) is 7.12. The van der Waals surface area contributed by atoms with Crippen LogP contribution in [0.2, 0.25) is 0 Å². The summed E-state index contributed by atoms with van der Waals surface area (Å²) in [5, 5.41) is 6.69. The Hall–Kier alpha value is -2.76. The van der Waals surface area contributed by atoms with Crippen LogP contribution in [0.4, 0.5) is 0 Å². The van der Waals surface area contributed by atoms with Crippen molar-refractivity contribution < 1.29 is 9.47 Å². The standard InChI is InChI=1S/C22H30N4O2/c1-16-4-5-17(12-20(16)27-3)8-11-25-22(23-2)26-14-19-9-10-24-21(13-19)28-15-18-6-7-18/h4-5,9-10,12-13,18H,6-8,11,14-15H2,1-3H3,(H2,23,25,26). The second-order valence-electron chi connectivity index (χ2n) is 7.16. The fourth-order valence-electron chi connectivity index (χ4n) is 2.88. The number of nitrogens with zero attached hydrogens (tertiary/aromatic N) is 2. The Morgan fingerprint density at radius 3 is 2.79 bits per heavy atom. The zero-order valence-electron chi connectivity index (χ0n) is 17.0. The van der Waals surface area contributed by atoms with E-state index >= 15 is 0 Å². The molecular formula is C22H30N4O2. The molecule has 0 bridgehead atoms. The molecule has 0 spiro atoms. The van der Waals surface area contributed by atoms with Gasteiger partial charge in [0, 0.05) is 32.4 Å². The molecule has 0 aliphatic heterocycles. The number of nitrogens with one attached hydrogen (secondary N) is 2. The Morgan fingerprint density at radius 2 is 2.04 bits per heavy atom. The average molecular weight is 383 g/mol. The topological polar surface area (TPSA) is 67.8 Å². The molecule has 1 aliphatic carbocycles. The van der Waals surface area contributed by atoms with Crippen molar-refractivity contribution in [1.82, 2.24) is 15.6 Å². The van der Waals surface area contributed by atoms with Crippen LogP contribution in [0.5, 0.6) is 11.6 Å². The molecule has 1 aromatic heterocycles. The first kappa shape index (κ1) is 20.0. The predicted octanol–water partition coefficient (Wildman–Crippen LogP) is 3.10. The Balaban J connectivity index is 1.43. The quantitative estimate of drug-likeness (QED) is 0.515. The first-order chi connectivity index (χ1) is 13.7. The first-order valence-corrected chi connectivity index (χ1v) is 9.83. The Bertz CT molecular complexity index is 803. The highest BCUT2D eigenvalue weighted by molar-refractivity contribution is 5.79. The van der Waals surface area contributed by atoms with E-state index in [4.69, 9.17) is 9.47 Å². The molecule has 6 heteroatoms. The third-order valence-electron chi connectivity index (χ3n) is 4.83. The number of ether oxygens (including phenoxy) is 2. The third-order valence-corrected chi connectivity index (χ3v) is 4.83. The molecule has 1 aliphatic rings. The summed E-state index contributed by atoms with van der Waals surface area (Å²) in [7, 11) is 3.48. The van der Waals surface area contributed by atoms with Gasteiger partial charge in [-0.1, -0.05) is 12.1 Å². The van der Waals surface area contributed by atoms with E-state index in [-0.39, 0.29) is 0 Å². The van der Waals surface area contributed by atoms with Gasteiger partial charge in [0.25, 0.3) is 0 Å². The molecule has 28 heavy (non-hydrogen) atoms. The van der Waals surface area contributed by atoms with Crippen LogP contribution < -0.4 is 20.1 Å². The maximum Gasteiger partial charge on any atom is 0.213 e. The minimum Gasteiger partial charge on any atom is -0.496 e. The van der Waals surface area contributed by atoms with Gasteiger partial charge in [-0.25, -0.2) is 4.98 Å². The van der Waals surface area contributed by atoms with Crippen molar-refractivity contribution in [1.29, 1.82) is 0 Å². The smallest absolute Gasteiger partial charge is 0.213 e. The van der Waals surface area contributed by atoms with Crippen LogP contribution in [0.25, 0.3) is 0 Å². The lowest BCUT2D eigenvalue weighted by atomic mass is 10.1. The van der Waals surface area contributed by atoms with Crippen LogP contribution in [0.1, 0.15) is 29.5 Å². The number of hydrogen-bond donors (Lipinski definition) is 2. The summed E-state index contributed by atoms with van der Waals surface area (Å²) < 4.78 is 11.1. The number of pyridine rings is 1. The molecule has 0 unspecified atom stereocenters. The molecule has 3 rings (SSSR count). The van der Waals surface area contributed by atoms with E-state index in [1.807, 2.05) is 19.1 Å². The highest BCUT2D eigenvalue weighted by Crippen LogP contribution is 2.29. The maximum absolute atomic E-state index is 5.75. The Labute approximate surface area is 167 Å². The van der Waals surface area contributed by atoms with E-state index in [0.717, 1.165) is 48.3 Å². The van der Waals surface area contributed by atoms with Gasteiger partial charge in [-0.3, -0.25) is 4.99 Å². The molecule has 0 radical (unpaired) electrons. The largest absolute Gasteiger partial charge is 0.496 e. The van der Waals surface area contributed by atoms with Crippen LogP contribution in [-0.4, -0.2) is 38.3 Å². The van der Waals surface area contributed by atoms with E-state index in [9.17, 15) is 0 Å². The van der Waals surface area contributed by atoms with Crippen molar-refractivity contribution in [3.63, 3.8) is 0 Å². The van der Waals surface area contributed by atoms with E-state index in [2.05, 4.69) is 38.8 Å². The van der Waals surface area contributed by atoms with Crippen LogP contribution in [0, 0.1) is 12.8 Å². The van der Waals surface area contributed by atoms with Gasteiger partial charge in [0.1, 0.15) is 5.75 Å². The lowest BCUT2D eigenvalue weighted by molar-refractivity contribution is 0.288. The van der Waals surface area contributed by atoms with E-state index in [1.165, 1.54) is 18.4 Å². The average Bonchev–Trinajstić information content (AvgIpc) is 3.55. The van der Waals surface area contributed by atoms with Crippen LogP contribution in [0.15, 0.2) is 41.5 Å². The molecule has 0 atom stereocenters. The number of benzene rings is 1. The van der Waals surface area contributed by atoms with Crippen molar-refractivity contribution in [2.75, 3.05) is 27.3 Å². The molecule has 2 aromatic rings. The van der Waals surface area contributed by atoms with Crippen molar-refractivity contribution in [3.8, 4) is 11.6 Å². The highest BCUT2D eigenvalue weighted by atomic mass is 16.5. The number of methoxy groups -OCH3 is 1. The number of aryl methyl sites for hydroxylation is 1. The Morgan fingerprint density at radius 1 is 1.18 bits per heavy atom. The lowest BCUT2D eigenvalue weighted by Gasteiger charge is -2.13. The number of aromatic nitrogens is 1. The van der Waals surface area contributed by atoms with Gasteiger partial charge < -0.3 is 20.1 Å². The summed E-state index contributed by atoms with van der Waals surface area (Å²) >= 11 is 0. The summed E-state index contributed by atoms with van der Waals surface area (Å²) in [6.07, 6.45) is 5.24.